The summed E-state index contributed by atoms with van der Waals surface area (Å²) in [4.78, 5) is 12.4. The number of hydrogen-bond acceptors (Lipinski definition) is 3. The summed E-state index contributed by atoms with van der Waals surface area (Å²) in [7, 11) is -3.87. The summed E-state index contributed by atoms with van der Waals surface area (Å²) < 4.78 is 51.4. The van der Waals surface area contributed by atoms with Gasteiger partial charge in [-0.2, -0.15) is 0 Å². The Morgan fingerprint density at radius 2 is 1.78 bits per heavy atom. The quantitative estimate of drug-likeness (QED) is 0.815. The monoisotopic (exact) mass is 396 g/mol. The number of benzene rings is 2. The van der Waals surface area contributed by atoms with Crippen LogP contribution in [0.2, 0.25) is 0 Å². The van der Waals surface area contributed by atoms with E-state index in [9.17, 15) is 22.0 Å². The van der Waals surface area contributed by atoms with Crippen LogP contribution < -0.4 is 9.62 Å². The summed E-state index contributed by atoms with van der Waals surface area (Å²) >= 11 is 0. The van der Waals surface area contributed by atoms with Gasteiger partial charge in [-0.1, -0.05) is 23.8 Å². The van der Waals surface area contributed by atoms with Gasteiger partial charge in [0.2, 0.25) is 15.9 Å². The van der Waals surface area contributed by atoms with Gasteiger partial charge in [-0.25, -0.2) is 17.2 Å². The first-order valence-electron chi connectivity index (χ1n) is 8.28. The molecule has 1 amide bonds. The van der Waals surface area contributed by atoms with Crippen LogP contribution in [0.3, 0.4) is 0 Å². The minimum Gasteiger partial charge on any atom is -0.348 e. The highest BCUT2D eigenvalue weighted by Crippen LogP contribution is 2.21. The van der Waals surface area contributed by atoms with Gasteiger partial charge in [0.1, 0.15) is 6.54 Å². The first-order valence-corrected chi connectivity index (χ1v) is 10.1. The molecule has 27 heavy (non-hydrogen) atoms. The lowest BCUT2D eigenvalue weighted by Gasteiger charge is -2.24. The lowest BCUT2D eigenvalue weighted by Crippen LogP contribution is -2.41. The normalized spacial score (nSPS) is 12.5. The Bertz CT molecular complexity index is 961. The molecule has 8 heteroatoms. The number of anilines is 1. The second-order valence-electron chi connectivity index (χ2n) is 6.52. The second-order valence-corrected chi connectivity index (χ2v) is 8.42. The van der Waals surface area contributed by atoms with E-state index in [4.69, 9.17) is 0 Å². The van der Waals surface area contributed by atoms with E-state index < -0.39 is 34.1 Å². The maximum absolute atomic E-state index is 13.5. The summed E-state index contributed by atoms with van der Waals surface area (Å²) in [6.07, 6.45) is 0.898. The average molecular weight is 396 g/mol. The van der Waals surface area contributed by atoms with Crippen LogP contribution in [0.25, 0.3) is 0 Å². The first-order chi connectivity index (χ1) is 12.5. The molecule has 1 N–H and O–H groups in total. The highest BCUT2D eigenvalue weighted by Gasteiger charge is 2.23. The Kier molecular flexibility index (Phi) is 6.20. The fourth-order valence-electron chi connectivity index (χ4n) is 2.85. The van der Waals surface area contributed by atoms with Crippen molar-refractivity contribution in [2.24, 2.45) is 0 Å². The lowest BCUT2D eigenvalue weighted by atomic mass is 10.0. The molecule has 0 saturated heterocycles. The van der Waals surface area contributed by atoms with E-state index in [0.717, 1.165) is 45.5 Å². The molecule has 0 saturated carbocycles. The number of hydrogen-bond donors (Lipinski definition) is 1. The Morgan fingerprint density at radius 1 is 1.11 bits per heavy atom. The molecular weight excluding hydrogens is 374 g/mol. The highest BCUT2D eigenvalue weighted by atomic mass is 32.2. The fourth-order valence-corrected chi connectivity index (χ4v) is 3.70. The molecule has 2 aromatic rings. The van der Waals surface area contributed by atoms with Gasteiger partial charge in [0.05, 0.1) is 18.0 Å². The fraction of sp³-hybridized carbons (Fsp3) is 0.316. The molecule has 0 radical (unpaired) electrons. The van der Waals surface area contributed by atoms with Crippen LogP contribution in [0.5, 0.6) is 0 Å². The van der Waals surface area contributed by atoms with Crippen LogP contribution in [0.4, 0.5) is 14.5 Å². The number of nitrogens with one attached hydrogen (secondary N) is 1. The largest absolute Gasteiger partial charge is 0.348 e. The lowest BCUT2D eigenvalue weighted by molar-refractivity contribution is -0.120. The maximum Gasteiger partial charge on any atom is 0.241 e. The molecule has 0 bridgehead atoms. The summed E-state index contributed by atoms with van der Waals surface area (Å²) in [5, 5.41) is 2.74. The van der Waals surface area contributed by atoms with Crippen LogP contribution in [0.1, 0.15) is 29.7 Å². The molecule has 1 atom stereocenters. The van der Waals surface area contributed by atoms with Crippen molar-refractivity contribution in [2.75, 3.05) is 17.1 Å². The van der Waals surface area contributed by atoms with Crippen molar-refractivity contribution in [1.82, 2.24) is 5.32 Å². The molecule has 0 heterocycles. The zero-order chi connectivity index (χ0) is 20.4. The third kappa shape index (κ3) is 5.26. The minimum atomic E-state index is -3.87. The average Bonchev–Trinajstić information content (AvgIpc) is 2.54. The van der Waals surface area contributed by atoms with Gasteiger partial charge in [0.25, 0.3) is 0 Å². The van der Waals surface area contributed by atoms with Gasteiger partial charge in [0, 0.05) is 6.07 Å². The highest BCUT2D eigenvalue weighted by molar-refractivity contribution is 7.92. The predicted molar refractivity (Wildman–Crippen MR) is 101 cm³/mol. The van der Waals surface area contributed by atoms with E-state index in [-0.39, 0.29) is 11.7 Å². The molecule has 0 aromatic heterocycles. The topological polar surface area (TPSA) is 66.5 Å². The second kappa shape index (κ2) is 8.04. The summed E-state index contributed by atoms with van der Waals surface area (Å²) in [5.74, 6) is -2.84. The van der Waals surface area contributed by atoms with Crippen LogP contribution in [-0.2, 0) is 14.8 Å². The Morgan fingerprint density at radius 3 is 2.33 bits per heavy atom. The molecule has 2 rings (SSSR count). The van der Waals surface area contributed by atoms with Crippen molar-refractivity contribution >= 4 is 21.6 Å². The predicted octanol–water partition coefficient (Wildman–Crippen LogP) is 3.23. The zero-order valence-electron chi connectivity index (χ0n) is 15.6. The molecule has 0 fully saturated rings. The van der Waals surface area contributed by atoms with Crippen LogP contribution in [-0.4, -0.2) is 27.1 Å². The molecule has 146 valence electrons. The maximum atomic E-state index is 13.5. The van der Waals surface area contributed by atoms with Crippen molar-refractivity contribution in [3.63, 3.8) is 0 Å². The van der Waals surface area contributed by atoms with Crippen molar-refractivity contribution in [1.29, 1.82) is 0 Å². The number of carbonyl (C=O) groups is 1. The van der Waals surface area contributed by atoms with Crippen LogP contribution >= 0.6 is 0 Å². The Hall–Kier alpha value is -2.48. The van der Waals surface area contributed by atoms with E-state index in [1.165, 1.54) is 0 Å². The van der Waals surface area contributed by atoms with Crippen molar-refractivity contribution in [3.05, 3.63) is 64.7 Å². The van der Waals surface area contributed by atoms with E-state index in [0.29, 0.717) is 0 Å². The number of nitrogens with zero attached hydrogens (tertiary/aromatic N) is 1. The van der Waals surface area contributed by atoms with E-state index >= 15 is 0 Å². The smallest absolute Gasteiger partial charge is 0.241 e. The van der Waals surface area contributed by atoms with Gasteiger partial charge in [-0.05, 0) is 44.0 Å². The molecule has 0 unspecified atom stereocenters. The number of amides is 1. The van der Waals surface area contributed by atoms with Gasteiger partial charge >= 0.3 is 0 Å². The number of carbonyl (C=O) groups excluding carboxylic acids is 1. The molecule has 0 aliphatic carbocycles. The minimum absolute atomic E-state index is 0.120. The van der Waals surface area contributed by atoms with Gasteiger partial charge in [-0.15, -0.1) is 0 Å². The molecular formula is C19H22F2N2O3S. The van der Waals surface area contributed by atoms with E-state index in [2.05, 4.69) is 5.32 Å². The number of sulfonamides is 1. The van der Waals surface area contributed by atoms with Gasteiger partial charge in [0.15, 0.2) is 11.6 Å². The standard InChI is InChI=1S/C19H22F2N2O3S/c1-12-5-7-16(13(2)9-12)14(3)22-19(24)11-23(27(4,25)26)15-6-8-17(20)18(21)10-15/h5-10,14H,11H2,1-4H3,(H,22,24)/t14-/m1/s1. The molecule has 2 aromatic carbocycles. The third-order valence-corrected chi connectivity index (χ3v) is 5.29. The van der Waals surface area contributed by atoms with E-state index in [1.54, 1.807) is 6.92 Å². The summed E-state index contributed by atoms with van der Waals surface area (Å²) in [6.45, 7) is 5.14. The van der Waals surface area contributed by atoms with Gasteiger partial charge < -0.3 is 5.32 Å². The number of aryl methyl sites for hydroxylation is 2. The molecule has 0 spiro atoms. The third-order valence-electron chi connectivity index (χ3n) is 4.15. The first kappa shape index (κ1) is 20.8. The SMILES string of the molecule is Cc1ccc([C@@H](C)NC(=O)CN(c2ccc(F)c(F)c2)S(C)(=O)=O)c(C)c1. The zero-order valence-corrected chi connectivity index (χ0v) is 16.4. The number of rotatable bonds is 6. The Labute approximate surface area is 158 Å². The molecule has 0 aliphatic heterocycles. The van der Waals surface area contributed by atoms with Gasteiger partial charge in [-0.3, -0.25) is 9.10 Å². The van der Waals surface area contributed by atoms with Crippen molar-refractivity contribution in [3.8, 4) is 0 Å². The van der Waals surface area contributed by atoms with Crippen molar-refractivity contribution < 1.29 is 22.0 Å². The number of halogens is 2. The van der Waals surface area contributed by atoms with E-state index in [1.807, 2.05) is 32.0 Å². The molecule has 0 aliphatic rings. The summed E-state index contributed by atoms with van der Waals surface area (Å²) in [6, 6.07) is 8.15. The van der Waals surface area contributed by atoms with Crippen molar-refractivity contribution in [2.45, 2.75) is 26.8 Å². The summed E-state index contributed by atoms with van der Waals surface area (Å²) in [5.41, 5.74) is 2.89. The Balaban J connectivity index is 2.20. The molecule has 5 nitrogen and oxygen atoms in total. The van der Waals surface area contributed by atoms with Crippen LogP contribution in [0, 0.1) is 25.5 Å². The van der Waals surface area contributed by atoms with Crippen LogP contribution in [0.15, 0.2) is 36.4 Å².